The maximum atomic E-state index is 13.0. The minimum Gasteiger partial charge on any atom is -0.343 e. The van der Waals surface area contributed by atoms with E-state index in [1.807, 2.05) is 7.05 Å². The number of carbonyl (C=O) groups excluding carboxylic acids is 1. The third-order valence-corrected chi connectivity index (χ3v) is 5.73. The smallest absolute Gasteiger partial charge is 0.232 e. The molecule has 1 amide bonds. The molecule has 134 valence electrons. The maximum Gasteiger partial charge on any atom is 0.232 e. The molecule has 7 heteroatoms. The van der Waals surface area contributed by atoms with Gasteiger partial charge in [-0.3, -0.25) is 9.10 Å². The van der Waals surface area contributed by atoms with E-state index in [9.17, 15) is 17.6 Å². The summed E-state index contributed by atoms with van der Waals surface area (Å²) in [4.78, 5) is 14.1. The molecule has 1 fully saturated rings. The van der Waals surface area contributed by atoms with Gasteiger partial charge in [0.1, 0.15) is 5.82 Å². The molecule has 5 nitrogen and oxygen atoms in total. The first kappa shape index (κ1) is 18.7. The fourth-order valence-corrected chi connectivity index (χ4v) is 4.10. The number of carbonyl (C=O) groups is 1. The van der Waals surface area contributed by atoms with Crippen molar-refractivity contribution in [2.45, 2.75) is 44.6 Å². The molecular weight excluding hydrogens is 331 g/mol. The fraction of sp³-hybridized carbons (Fsp3) is 0.588. The number of rotatable bonds is 7. The number of sulfonamides is 1. The van der Waals surface area contributed by atoms with Gasteiger partial charge in [-0.05, 0) is 43.5 Å². The number of benzene rings is 1. The van der Waals surface area contributed by atoms with Crippen LogP contribution in [0.4, 0.5) is 10.1 Å². The zero-order chi connectivity index (χ0) is 17.7. The van der Waals surface area contributed by atoms with Gasteiger partial charge in [-0.2, -0.15) is 0 Å². The predicted molar refractivity (Wildman–Crippen MR) is 92.8 cm³/mol. The Morgan fingerprint density at radius 3 is 2.33 bits per heavy atom. The Hall–Kier alpha value is -1.63. The number of hydrogen-bond acceptors (Lipinski definition) is 3. The molecule has 0 atom stereocenters. The van der Waals surface area contributed by atoms with Crippen molar-refractivity contribution in [3.8, 4) is 0 Å². The molecule has 0 spiro atoms. The number of hydrogen-bond donors (Lipinski definition) is 0. The van der Waals surface area contributed by atoms with Crippen LogP contribution in [0.3, 0.4) is 0 Å². The maximum absolute atomic E-state index is 13.0. The van der Waals surface area contributed by atoms with E-state index in [-0.39, 0.29) is 12.5 Å². The standard InChI is InChI=1S/C17H25FN2O3S/c1-19(15-6-3-4-7-15)17(21)8-5-13-20(24(2,22)23)16-11-9-14(18)10-12-16/h9-12,15H,3-8,13H2,1-2H3. The molecule has 1 aliphatic carbocycles. The number of nitrogens with zero attached hydrogens (tertiary/aromatic N) is 2. The molecular formula is C17H25FN2O3S. The zero-order valence-electron chi connectivity index (χ0n) is 14.2. The number of anilines is 1. The number of amides is 1. The van der Waals surface area contributed by atoms with Crippen LogP contribution >= 0.6 is 0 Å². The first-order valence-corrected chi connectivity index (χ1v) is 10.1. The molecule has 0 saturated heterocycles. The van der Waals surface area contributed by atoms with Crippen molar-refractivity contribution in [3.63, 3.8) is 0 Å². The van der Waals surface area contributed by atoms with E-state index in [1.54, 1.807) is 4.90 Å². The van der Waals surface area contributed by atoms with E-state index in [0.29, 0.717) is 24.6 Å². The van der Waals surface area contributed by atoms with Crippen LogP contribution < -0.4 is 4.31 Å². The lowest BCUT2D eigenvalue weighted by atomic mass is 10.2. The second-order valence-electron chi connectivity index (χ2n) is 6.36. The summed E-state index contributed by atoms with van der Waals surface area (Å²) in [5.41, 5.74) is 0.412. The Kier molecular flexibility index (Phi) is 6.21. The minimum absolute atomic E-state index is 0.0504. The molecule has 0 aromatic heterocycles. The third-order valence-electron chi connectivity index (χ3n) is 4.53. The molecule has 0 unspecified atom stereocenters. The quantitative estimate of drug-likeness (QED) is 0.755. The van der Waals surface area contributed by atoms with E-state index >= 15 is 0 Å². The van der Waals surface area contributed by atoms with Gasteiger partial charge in [0.2, 0.25) is 15.9 Å². The van der Waals surface area contributed by atoms with E-state index in [2.05, 4.69) is 0 Å². The lowest BCUT2D eigenvalue weighted by molar-refractivity contribution is -0.131. The first-order valence-electron chi connectivity index (χ1n) is 8.28. The first-order chi connectivity index (χ1) is 11.3. The molecule has 1 aliphatic rings. The lowest BCUT2D eigenvalue weighted by Crippen LogP contribution is -2.36. The summed E-state index contributed by atoms with van der Waals surface area (Å²) in [6.45, 7) is 0.203. The van der Waals surface area contributed by atoms with Crippen LogP contribution in [-0.2, 0) is 14.8 Å². The monoisotopic (exact) mass is 356 g/mol. The van der Waals surface area contributed by atoms with Crippen molar-refractivity contribution in [1.82, 2.24) is 4.90 Å². The van der Waals surface area contributed by atoms with Crippen LogP contribution in [0.15, 0.2) is 24.3 Å². The molecule has 2 rings (SSSR count). The van der Waals surface area contributed by atoms with Crippen molar-refractivity contribution < 1.29 is 17.6 Å². The van der Waals surface area contributed by atoms with Gasteiger partial charge >= 0.3 is 0 Å². The van der Waals surface area contributed by atoms with Gasteiger partial charge in [-0.25, -0.2) is 12.8 Å². The Labute approximate surface area is 143 Å². The van der Waals surface area contributed by atoms with Crippen molar-refractivity contribution in [3.05, 3.63) is 30.1 Å². The van der Waals surface area contributed by atoms with Crippen LogP contribution in [0.25, 0.3) is 0 Å². The summed E-state index contributed by atoms with van der Waals surface area (Å²) in [5, 5.41) is 0. The predicted octanol–water partition coefficient (Wildman–Crippen LogP) is 2.77. The third kappa shape index (κ3) is 4.93. The number of halogens is 1. The van der Waals surface area contributed by atoms with Crippen LogP contribution in [0.2, 0.25) is 0 Å². The second kappa shape index (κ2) is 7.96. The Bertz CT molecular complexity index is 655. The van der Waals surface area contributed by atoms with Gasteiger partial charge in [0.25, 0.3) is 0 Å². The lowest BCUT2D eigenvalue weighted by Gasteiger charge is -2.26. The fourth-order valence-electron chi connectivity index (χ4n) is 3.14. The molecule has 1 saturated carbocycles. The SMILES string of the molecule is CN(C(=O)CCCN(c1ccc(F)cc1)S(C)(=O)=O)C1CCCC1. The van der Waals surface area contributed by atoms with Crippen molar-refractivity contribution in [1.29, 1.82) is 0 Å². The molecule has 1 aromatic rings. The Morgan fingerprint density at radius 2 is 1.79 bits per heavy atom. The van der Waals surface area contributed by atoms with E-state index in [0.717, 1.165) is 31.9 Å². The van der Waals surface area contributed by atoms with E-state index in [4.69, 9.17) is 0 Å². The molecule has 0 N–H and O–H groups in total. The highest BCUT2D eigenvalue weighted by molar-refractivity contribution is 7.92. The highest BCUT2D eigenvalue weighted by Gasteiger charge is 2.24. The Balaban J connectivity index is 1.93. The summed E-state index contributed by atoms with van der Waals surface area (Å²) in [5.74, 6) is -0.366. The summed E-state index contributed by atoms with van der Waals surface area (Å²) in [7, 11) is -1.65. The van der Waals surface area contributed by atoms with Gasteiger partial charge in [0.05, 0.1) is 11.9 Å². The highest BCUT2D eigenvalue weighted by Crippen LogP contribution is 2.23. The van der Waals surface area contributed by atoms with Gasteiger partial charge in [0, 0.05) is 26.1 Å². The molecule has 0 heterocycles. The zero-order valence-corrected chi connectivity index (χ0v) is 15.1. The molecule has 1 aromatic carbocycles. The molecule has 0 bridgehead atoms. The Morgan fingerprint density at radius 1 is 1.21 bits per heavy atom. The summed E-state index contributed by atoms with van der Waals surface area (Å²) in [6, 6.07) is 5.64. The minimum atomic E-state index is -3.48. The molecule has 0 radical (unpaired) electrons. The van der Waals surface area contributed by atoms with Crippen molar-refractivity contribution in [2.75, 3.05) is 24.2 Å². The van der Waals surface area contributed by atoms with Gasteiger partial charge in [-0.1, -0.05) is 12.8 Å². The average molecular weight is 356 g/mol. The molecule has 0 aliphatic heterocycles. The summed E-state index contributed by atoms with van der Waals surface area (Å²) in [6.07, 6.45) is 6.27. The van der Waals surface area contributed by atoms with Crippen LogP contribution in [-0.4, -0.2) is 45.1 Å². The van der Waals surface area contributed by atoms with Gasteiger partial charge in [-0.15, -0.1) is 0 Å². The van der Waals surface area contributed by atoms with E-state index < -0.39 is 15.8 Å². The van der Waals surface area contributed by atoms with Crippen LogP contribution in [0.1, 0.15) is 38.5 Å². The normalized spacial score (nSPS) is 15.5. The van der Waals surface area contributed by atoms with Crippen LogP contribution in [0, 0.1) is 5.82 Å². The summed E-state index contributed by atoms with van der Waals surface area (Å²) < 4.78 is 38.2. The van der Waals surface area contributed by atoms with Gasteiger partial charge < -0.3 is 4.90 Å². The second-order valence-corrected chi connectivity index (χ2v) is 8.26. The summed E-state index contributed by atoms with van der Waals surface area (Å²) >= 11 is 0. The topological polar surface area (TPSA) is 57.7 Å². The van der Waals surface area contributed by atoms with Crippen molar-refractivity contribution in [2.24, 2.45) is 0 Å². The van der Waals surface area contributed by atoms with E-state index in [1.165, 1.54) is 28.6 Å². The average Bonchev–Trinajstić information content (AvgIpc) is 3.05. The largest absolute Gasteiger partial charge is 0.343 e. The molecule has 24 heavy (non-hydrogen) atoms. The van der Waals surface area contributed by atoms with Crippen molar-refractivity contribution >= 4 is 21.6 Å². The highest BCUT2D eigenvalue weighted by atomic mass is 32.2. The van der Waals surface area contributed by atoms with Crippen LogP contribution in [0.5, 0.6) is 0 Å². The van der Waals surface area contributed by atoms with Gasteiger partial charge in [0.15, 0.2) is 0 Å².